The summed E-state index contributed by atoms with van der Waals surface area (Å²) in [6, 6.07) is 4.47. The molecule has 0 saturated heterocycles. The van der Waals surface area contributed by atoms with Crippen LogP contribution < -0.4 is 15.8 Å². The van der Waals surface area contributed by atoms with Crippen molar-refractivity contribution < 1.29 is 4.74 Å². The van der Waals surface area contributed by atoms with Crippen LogP contribution in [0.3, 0.4) is 0 Å². The second-order valence-corrected chi connectivity index (χ2v) is 5.85. The van der Waals surface area contributed by atoms with Gasteiger partial charge in [-0.1, -0.05) is 26.0 Å². The van der Waals surface area contributed by atoms with E-state index in [2.05, 4.69) is 45.1 Å². The van der Waals surface area contributed by atoms with E-state index in [1.165, 1.54) is 16.7 Å². The zero-order valence-electron chi connectivity index (χ0n) is 13.0. The molecular formula is C16H28N2O. The Morgan fingerprint density at radius 3 is 2.26 bits per heavy atom. The number of aryl methyl sites for hydroxylation is 2. The Bertz CT molecular complexity index is 390. The molecular weight excluding hydrogens is 236 g/mol. The second-order valence-electron chi connectivity index (χ2n) is 5.85. The highest BCUT2D eigenvalue weighted by molar-refractivity contribution is 5.45. The first kappa shape index (κ1) is 16.0. The van der Waals surface area contributed by atoms with Crippen molar-refractivity contribution in [2.24, 2.45) is 5.73 Å². The summed E-state index contributed by atoms with van der Waals surface area (Å²) in [5, 5.41) is 3.48. The molecule has 0 aliphatic rings. The molecule has 1 aromatic carbocycles. The minimum atomic E-state index is 0.108. The molecule has 0 amide bonds. The molecule has 0 unspecified atom stereocenters. The summed E-state index contributed by atoms with van der Waals surface area (Å²) in [6.07, 6.45) is 1.02. The van der Waals surface area contributed by atoms with Gasteiger partial charge in [0, 0.05) is 12.0 Å². The first-order chi connectivity index (χ1) is 8.92. The number of nitrogens with two attached hydrogens (primary N) is 1. The van der Waals surface area contributed by atoms with Crippen LogP contribution in [0.5, 0.6) is 5.75 Å². The maximum absolute atomic E-state index is 5.51. The van der Waals surface area contributed by atoms with Crippen molar-refractivity contribution in [3.8, 4) is 5.75 Å². The number of hydrogen-bond acceptors (Lipinski definition) is 3. The van der Waals surface area contributed by atoms with Gasteiger partial charge in [-0.3, -0.25) is 0 Å². The Morgan fingerprint density at radius 1 is 1.21 bits per heavy atom. The summed E-state index contributed by atoms with van der Waals surface area (Å²) < 4.78 is 5.43. The molecule has 3 N–H and O–H groups in total. The molecule has 1 aromatic rings. The van der Waals surface area contributed by atoms with Crippen molar-refractivity contribution in [2.75, 3.05) is 26.7 Å². The van der Waals surface area contributed by atoms with Gasteiger partial charge in [0.15, 0.2) is 0 Å². The Kier molecular flexibility index (Phi) is 5.83. The van der Waals surface area contributed by atoms with E-state index in [0.29, 0.717) is 0 Å². The Morgan fingerprint density at radius 2 is 1.79 bits per heavy atom. The number of hydrogen-bond donors (Lipinski definition) is 2. The summed E-state index contributed by atoms with van der Waals surface area (Å²) in [5.41, 5.74) is 9.37. The van der Waals surface area contributed by atoms with Gasteiger partial charge in [0.1, 0.15) is 5.75 Å². The molecule has 19 heavy (non-hydrogen) atoms. The van der Waals surface area contributed by atoms with Gasteiger partial charge < -0.3 is 15.8 Å². The summed E-state index contributed by atoms with van der Waals surface area (Å²) in [5.74, 6) is 0.996. The molecule has 108 valence electrons. The molecule has 0 saturated carbocycles. The maximum Gasteiger partial charge on any atom is 0.124 e. The fraction of sp³-hybridized carbons (Fsp3) is 0.625. The molecule has 3 heteroatoms. The molecule has 3 nitrogen and oxygen atoms in total. The number of methoxy groups -OCH3 is 1. The predicted molar refractivity (Wildman–Crippen MR) is 82.0 cm³/mol. The lowest BCUT2D eigenvalue weighted by Gasteiger charge is -2.27. The fourth-order valence-corrected chi connectivity index (χ4v) is 2.39. The Balaban J connectivity index is 2.83. The Labute approximate surface area is 117 Å². The molecule has 0 spiro atoms. The second kappa shape index (κ2) is 6.92. The van der Waals surface area contributed by atoms with Crippen molar-refractivity contribution in [2.45, 2.75) is 39.5 Å². The highest BCUT2D eigenvalue weighted by Crippen LogP contribution is 2.30. The minimum Gasteiger partial charge on any atom is -0.496 e. The van der Waals surface area contributed by atoms with Crippen molar-refractivity contribution in [3.63, 3.8) is 0 Å². The molecule has 0 heterocycles. The largest absolute Gasteiger partial charge is 0.496 e. The van der Waals surface area contributed by atoms with E-state index < -0.39 is 0 Å². The van der Waals surface area contributed by atoms with Crippen LogP contribution in [0.4, 0.5) is 0 Å². The zero-order valence-corrected chi connectivity index (χ0v) is 13.0. The molecule has 0 fully saturated rings. The third-order valence-electron chi connectivity index (χ3n) is 3.57. The zero-order chi connectivity index (χ0) is 14.5. The highest BCUT2D eigenvalue weighted by Gasteiger charge is 2.21. The highest BCUT2D eigenvalue weighted by atomic mass is 16.5. The van der Waals surface area contributed by atoms with Crippen LogP contribution in [0.25, 0.3) is 0 Å². The summed E-state index contributed by atoms with van der Waals surface area (Å²) in [4.78, 5) is 0. The summed E-state index contributed by atoms with van der Waals surface area (Å²) in [7, 11) is 1.73. The molecule has 0 atom stereocenters. The predicted octanol–water partition coefficient (Wildman–Crippen LogP) is 2.53. The topological polar surface area (TPSA) is 47.3 Å². The van der Waals surface area contributed by atoms with E-state index >= 15 is 0 Å². The van der Waals surface area contributed by atoms with Gasteiger partial charge in [-0.05, 0) is 50.0 Å². The SMILES string of the molecule is COc1c(C)cc(C(C)(C)CNCCCN)cc1C. The van der Waals surface area contributed by atoms with E-state index in [4.69, 9.17) is 10.5 Å². The lowest BCUT2D eigenvalue weighted by Crippen LogP contribution is -2.34. The third-order valence-corrected chi connectivity index (χ3v) is 3.57. The number of benzene rings is 1. The number of rotatable bonds is 7. The van der Waals surface area contributed by atoms with Gasteiger partial charge in [0.2, 0.25) is 0 Å². The van der Waals surface area contributed by atoms with Gasteiger partial charge in [-0.2, -0.15) is 0 Å². The lowest BCUT2D eigenvalue weighted by molar-refractivity contribution is 0.407. The standard InChI is InChI=1S/C16H28N2O/c1-12-9-14(10-13(2)15(12)19-5)16(3,4)11-18-8-6-7-17/h9-10,18H,6-8,11,17H2,1-5H3. The number of nitrogens with one attached hydrogen (secondary N) is 1. The maximum atomic E-state index is 5.51. The molecule has 0 aliphatic carbocycles. The molecule has 0 radical (unpaired) electrons. The summed E-state index contributed by atoms with van der Waals surface area (Å²) >= 11 is 0. The molecule has 0 aromatic heterocycles. The van der Waals surface area contributed by atoms with Gasteiger partial charge in [-0.15, -0.1) is 0 Å². The van der Waals surface area contributed by atoms with Crippen LogP contribution in [-0.4, -0.2) is 26.7 Å². The average molecular weight is 264 g/mol. The summed E-state index contributed by atoms with van der Waals surface area (Å²) in [6.45, 7) is 11.4. The molecule has 0 bridgehead atoms. The Hall–Kier alpha value is -1.06. The average Bonchev–Trinajstić information content (AvgIpc) is 2.34. The smallest absolute Gasteiger partial charge is 0.124 e. The number of ether oxygens (including phenoxy) is 1. The van der Waals surface area contributed by atoms with Crippen molar-refractivity contribution in [3.05, 3.63) is 28.8 Å². The molecule has 0 aliphatic heterocycles. The van der Waals surface area contributed by atoms with Crippen LogP contribution in [0.15, 0.2) is 12.1 Å². The first-order valence-electron chi connectivity index (χ1n) is 6.99. The van der Waals surface area contributed by atoms with E-state index in [1.54, 1.807) is 7.11 Å². The fourth-order valence-electron chi connectivity index (χ4n) is 2.39. The van der Waals surface area contributed by atoms with Gasteiger partial charge in [0.25, 0.3) is 0 Å². The van der Waals surface area contributed by atoms with Crippen LogP contribution in [0.2, 0.25) is 0 Å². The van der Waals surface area contributed by atoms with E-state index in [1.807, 2.05) is 0 Å². The van der Waals surface area contributed by atoms with Gasteiger partial charge in [0.05, 0.1) is 7.11 Å². The lowest BCUT2D eigenvalue weighted by atomic mass is 9.82. The van der Waals surface area contributed by atoms with Crippen LogP contribution in [0.1, 0.15) is 37.0 Å². The minimum absolute atomic E-state index is 0.108. The normalized spacial score (nSPS) is 11.7. The third kappa shape index (κ3) is 4.22. The quantitative estimate of drug-likeness (QED) is 0.744. The van der Waals surface area contributed by atoms with E-state index in [0.717, 1.165) is 31.8 Å². The van der Waals surface area contributed by atoms with Crippen molar-refractivity contribution in [1.29, 1.82) is 0 Å². The van der Waals surface area contributed by atoms with Gasteiger partial charge in [-0.25, -0.2) is 0 Å². The van der Waals surface area contributed by atoms with Gasteiger partial charge >= 0.3 is 0 Å². The monoisotopic (exact) mass is 264 g/mol. The van der Waals surface area contributed by atoms with Crippen LogP contribution in [0, 0.1) is 13.8 Å². The van der Waals surface area contributed by atoms with E-state index in [9.17, 15) is 0 Å². The van der Waals surface area contributed by atoms with Crippen molar-refractivity contribution in [1.82, 2.24) is 5.32 Å². The van der Waals surface area contributed by atoms with Crippen LogP contribution in [-0.2, 0) is 5.41 Å². The van der Waals surface area contributed by atoms with Crippen molar-refractivity contribution >= 4 is 0 Å². The first-order valence-corrected chi connectivity index (χ1v) is 6.99. The van der Waals surface area contributed by atoms with Crippen LogP contribution >= 0.6 is 0 Å². The molecule has 1 rings (SSSR count). The van der Waals surface area contributed by atoms with E-state index in [-0.39, 0.29) is 5.41 Å².